The molecule has 204 valence electrons. The van der Waals surface area contributed by atoms with Crippen molar-refractivity contribution in [3.8, 4) is 11.5 Å². The zero-order chi connectivity index (χ0) is 28.2. The number of hydrogen-bond donors (Lipinski definition) is 1. The number of aliphatic hydroxyl groups excluding tert-OH is 1. The molecule has 1 aliphatic heterocycles. The fraction of sp³-hybridized carbons (Fsp3) is 0.333. The summed E-state index contributed by atoms with van der Waals surface area (Å²) in [4.78, 5) is 28.6. The quantitative estimate of drug-likeness (QED) is 0.181. The van der Waals surface area contributed by atoms with Crippen LogP contribution in [0.4, 0.5) is 5.69 Å². The van der Waals surface area contributed by atoms with E-state index in [1.165, 1.54) is 4.90 Å². The highest BCUT2D eigenvalue weighted by molar-refractivity contribution is 6.51. The molecular formula is C33H37NO5. The first kappa shape index (κ1) is 28.0. The molecule has 6 heteroatoms. The number of rotatable bonds is 9. The number of ketones is 1. The van der Waals surface area contributed by atoms with Crippen LogP contribution < -0.4 is 14.4 Å². The Morgan fingerprint density at radius 3 is 2.08 bits per heavy atom. The summed E-state index contributed by atoms with van der Waals surface area (Å²) in [5, 5.41) is 11.5. The zero-order valence-electron chi connectivity index (χ0n) is 23.4. The predicted molar refractivity (Wildman–Crippen MR) is 154 cm³/mol. The molecule has 4 rings (SSSR count). The number of ether oxygens (including phenoxy) is 2. The van der Waals surface area contributed by atoms with E-state index in [-0.39, 0.29) is 16.7 Å². The van der Waals surface area contributed by atoms with Gasteiger partial charge in [-0.2, -0.15) is 0 Å². The third kappa shape index (κ3) is 5.85. The van der Waals surface area contributed by atoms with Gasteiger partial charge < -0.3 is 14.6 Å². The van der Waals surface area contributed by atoms with Gasteiger partial charge in [0.05, 0.1) is 30.5 Å². The minimum Gasteiger partial charge on any atom is -0.507 e. The molecule has 0 saturated carbocycles. The van der Waals surface area contributed by atoms with Crippen LogP contribution in [0.2, 0.25) is 0 Å². The molecule has 1 atom stereocenters. The van der Waals surface area contributed by atoms with E-state index in [2.05, 4.69) is 20.8 Å². The van der Waals surface area contributed by atoms with Crippen molar-refractivity contribution < 1.29 is 24.2 Å². The lowest BCUT2D eigenvalue weighted by atomic mass is 9.85. The maximum Gasteiger partial charge on any atom is 0.300 e. The molecule has 39 heavy (non-hydrogen) atoms. The fourth-order valence-corrected chi connectivity index (χ4v) is 4.64. The molecule has 3 aromatic rings. The summed E-state index contributed by atoms with van der Waals surface area (Å²) < 4.78 is 11.6. The van der Waals surface area contributed by atoms with Crippen LogP contribution >= 0.6 is 0 Å². The number of nitrogens with zero attached hydrogens (tertiary/aromatic N) is 1. The van der Waals surface area contributed by atoms with Crippen LogP contribution in [0.5, 0.6) is 11.5 Å². The first-order valence-electron chi connectivity index (χ1n) is 13.5. The molecule has 0 aromatic heterocycles. The van der Waals surface area contributed by atoms with E-state index in [1.54, 1.807) is 36.4 Å². The number of anilines is 1. The van der Waals surface area contributed by atoms with Crippen LogP contribution in [0.3, 0.4) is 0 Å². The van der Waals surface area contributed by atoms with Gasteiger partial charge in [0.25, 0.3) is 11.7 Å². The zero-order valence-corrected chi connectivity index (χ0v) is 23.4. The number of aliphatic hydroxyl groups is 1. The van der Waals surface area contributed by atoms with E-state index in [0.29, 0.717) is 36.0 Å². The van der Waals surface area contributed by atoms with E-state index >= 15 is 0 Å². The topological polar surface area (TPSA) is 76.1 Å². The monoisotopic (exact) mass is 527 g/mol. The van der Waals surface area contributed by atoms with Crippen LogP contribution in [0, 0.1) is 0 Å². The molecule has 1 heterocycles. The van der Waals surface area contributed by atoms with Crippen molar-refractivity contribution in [3.63, 3.8) is 0 Å². The van der Waals surface area contributed by atoms with Crippen LogP contribution in [-0.4, -0.2) is 30.0 Å². The van der Waals surface area contributed by atoms with Gasteiger partial charge >= 0.3 is 0 Å². The molecule has 0 bridgehead atoms. The molecule has 0 radical (unpaired) electrons. The molecule has 1 unspecified atom stereocenters. The Morgan fingerprint density at radius 1 is 0.846 bits per heavy atom. The fourth-order valence-electron chi connectivity index (χ4n) is 4.64. The standard InChI is InChI=1S/C33H37NO5/c1-6-20-38-25-18-14-23(15-19-25)30(35)28-29(22-12-16-24(17-13-22)33(3,4)5)34(32(37)31(28)36)26-10-8-9-11-27(26)39-21-7-2/h8-19,29,35H,6-7,20-21H2,1-5H3/b30-28-. The number of benzene rings is 3. The summed E-state index contributed by atoms with van der Waals surface area (Å²) in [7, 11) is 0. The van der Waals surface area contributed by atoms with E-state index in [4.69, 9.17) is 9.47 Å². The van der Waals surface area contributed by atoms with Gasteiger partial charge in [0.1, 0.15) is 17.3 Å². The van der Waals surface area contributed by atoms with Gasteiger partial charge in [-0.15, -0.1) is 0 Å². The molecule has 6 nitrogen and oxygen atoms in total. The number of para-hydroxylation sites is 2. The number of amides is 1. The average Bonchev–Trinajstić information content (AvgIpc) is 3.20. The van der Waals surface area contributed by atoms with Gasteiger partial charge in [-0.3, -0.25) is 14.5 Å². The molecule has 1 N–H and O–H groups in total. The number of carbonyl (C=O) groups is 2. The third-order valence-corrected chi connectivity index (χ3v) is 6.72. The largest absolute Gasteiger partial charge is 0.507 e. The normalized spacial score (nSPS) is 16.9. The molecule has 0 spiro atoms. The predicted octanol–water partition coefficient (Wildman–Crippen LogP) is 7.19. The summed E-state index contributed by atoms with van der Waals surface area (Å²) >= 11 is 0. The van der Waals surface area contributed by atoms with Crippen molar-refractivity contribution in [2.75, 3.05) is 18.1 Å². The molecular weight excluding hydrogens is 490 g/mol. The molecule has 1 saturated heterocycles. The molecule has 3 aromatic carbocycles. The van der Waals surface area contributed by atoms with Gasteiger partial charge in [0.2, 0.25) is 0 Å². The second-order valence-electron chi connectivity index (χ2n) is 10.7. The summed E-state index contributed by atoms with van der Waals surface area (Å²) in [6.45, 7) is 11.5. The Kier molecular flexibility index (Phi) is 8.44. The van der Waals surface area contributed by atoms with Crippen LogP contribution in [0.1, 0.15) is 70.2 Å². The number of hydrogen-bond acceptors (Lipinski definition) is 5. The Labute approximate surface area is 230 Å². The first-order valence-corrected chi connectivity index (χ1v) is 13.5. The molecule has 1 fully saturated rings. The Morgan fingerprint density at radius 2 is 1.46 bits per heavy atom. The summed E-state index contributed by atoms with van der Waals surface area (Å²) in [6, 6.07) is 21.1. The van der Waals surface area contributed by atoms with Crippen LogP contribution in [0.15, 0.2) is 78.4 Å². The van der Waals surface area contributed by atoms with Gasteiger partial charge in [0, 0.05) is 5.56 Å². The third-order valence-electron chi connectivity index (χ3n) is 6.72. The van der Waals surface area contributed by atoms with Gasteiger partial charge in [-0.1, -0.05) is 71.0 Å². The van der Waals surface area contributed by atoms with Gasteiger partial charge in [0.15, 0.2) is 0 Å². The Hall–Kier alpha value is -4.06. The highest BCUT2D eigenvalue weighted by Crippen LogP contribution is 2.45. The Bertz CT molecular complexity index is 1350. The summed E-state index contributed by atoms with van der Waals surface area (Å²) in [5.41, 5.74) is 2.73. The van der Waals surface area contributed by atoms with Gasteiger partial charge in [-0.05, 0) is 65.8 Å². The lowest BCUT2D eigenvalue weighted by Crippen LogP contribution is -2.30. The molecule has 0 aliphatic carbocycles. The lowest BCUT2D eigenvalue weighted by molar-refractivity contribution is -0.132. The lowest BCUT2D eigenvalue weighted by Gasteiger charge is -2.28. The SMILES string of the molecule is CCCOc1ccc(/C(O)=C2/C(=O)C(=O)N(c3ccccc3OCCC)C2c2ccc(C(C)(C)C)cc2)cc1. The summed E-state index contributed by atoms with van der Waals surface area (Å²) in [5.74, 6) is -0.499. The van der Waals surface area contributed by atoms with Crippen LogP contribution in [-0.2, 0) is 15.0 Å². The van der Waals surface area contributed by atoms with E-state index in [1.807, 2.05) is 50.2 Å². The molecule has 1 aliphatic rings. The Balaban J connectivity index is 1.87. The van der Waals surface area contributed by atoms with Crippen molar-refractivity contribution >= 4 is 23.1 Å². The second kappa shape index (κ2) is 11.8. The smallest absolute Gasteiger partial charge is 0.300 e. The maximum absolute atomic E-state index is 13.6. The number of carbonyl (C=O) groups excluding carboxylic acids is 2. The van der Waals surface area contributed by atoms with Crippen molar-refractivity contribution in [2.45, 2.75) is 58.9 Å². The van der Waals surface area contributed by atoms with Crippen LogP contribution in [0.25, 0.3) is 5.76 Å². The summed E-state index contributed by atoms with van der Waals surface area (Å²) in [6.07, 6.45) is 1.67. The first-order chi connectivity index (χ1) is 18.7. The maximum atomic E-state index is 13.6. The minimum atomic E-state index is -0.832. The van der Waals surface area contributed by atoms with Crippen molar-refractivity contribution in [3.05, 3.63) is 95.1 Å². The second-order valence-corrected chi connectivity index (χ2v) is 10.7. The van der Waals surface area contributed by atoms with Crippen molar-refractivity contribution in [2.24, 2.45) is 0 Å². The van der Waals surface area contributed by atoms with E-state index in [9.17, 15) is 14.7 Å². The average molecular weight is 528 g/mol. The van der Waals surface area contributed by atoms with Gasteiger partial charge in [-0.25, -0.2) is 0 Å². The van der Waals surface area contributed by atoms with E-state index < -0.39 is 17.7 Å². The van der Waals surface area contributed by atoms with E-state index in [0.717, 1.165) is 24.0 Å². The highest BCUT2D eigenvalue weighted by atomic mass is 16.5. The van der Waals surface area contributed by atoms with Crippen molar-refractivity contribution in [1.82, 2.24) is 0 Å². The minimum absolute atomic E-state index is 0.0380. The highest BCUT2D eigenvalue weighted by Gasteiger charge is 2.47. The van der Waals surface area contributed by atoms with Crippen molar-refractivity contribution in [1.29, 1.82) is 0 Å². The number of Topliss-reactive ketones (excluding diaryl/α,β-unsaturated/α-hetero) is 1. The molecule has 1 amide bonds.